The minimum Gasteiger partial charge on any atom is -0.387 e. The van der Waals surface area contributed by atoms with Crippen LogP contribution in [0.4, 0.5) is 0 Å². The molecule has 14 heavy (non-hydrogen) atoms. The Morgan fingerprint density at radius 3 is 2.57 bits per heavy atom. The lowest BCUT2D eigenvalue weighted by atomic mass is 10.1. The summed E-state index contributed by atoms with van der Waals surface area (Å²) in [5.41, 5.74) is 1.94. The Morgan fingerprint density at radius 2 is 2.07 bits per heavy atom. The summed E-state index contributed by atoms with van der Waals surface area (Å²) in [6, 6.07) is 7.60. The van der Waals surface area contributed by atoms with Crippen molar-refractivity contribution in [3.8, 4) is 12.3 Å². The maximum absolute atomic E-state index is 9.57. The van der Waals surface area contributed by atoms with Crippen LogP contribution in [0.2, 0.25) is 0 Å². The van der Waals surface area contributed by atoms with Crippen molar-refractivity contribution >= 4 is 0 Å². The molecule has 1 unspecified atom stereocenters. The number of hydrogen-bond donors (Lipinski definition) is 1. The summed E-state index contributed by atoms with van der Waals surface area (Å²) < 4.78 is 4.98. The summed E-state index contributed by atoms with van der Waals surface area (Å²) in [7, 11) is 1.65. The smallest absolute Gasteiger partial charge is 0.0899 e. The standard InChI is InChI=1S/C12H14O2/c1-3-4-12(13)11-7-5-10(6-8-11)9-14-2/h1,5-8,12-13H,4,9H2,2H3. The molecule has 0 amide bonds. The monoisotopic (exact) mass is 190 g/mol. The third-order valence-electron chi connectivity index (χ3n) is 1.99. The van der Waals surface area contributed by atoms with Gasteiger partial charge in [0.2, 0.25) is 0 Å². The Bertz CT molecular complexity index is 308. The zero-order valence-electron chi connectivity index (χ0n) is 8.23. The van der Waals surface area contributed by atoms with E-state index in [1.165, 1.54) is 0 Å². The molecule has 0 fully saturated rings. The summed E-state index contributed by atoms with van der Waals surface area (Å²) >= 11 is 0. The Kier molecular flexibility index (Phi) is 4.18. The predicted octanol–water partition coefficient (Wildman–Crippen LogP) is 1.89. The van der Waals surface area contributed by atoms with E-state index in [-0.39, 0.29) is 0 Å². The molecule has 2 heteroatoms. The highest BCUT2D eigenvalue weighted by molar-refractivity contribution is 5.24. The fourth-order valence-electron chi connectivity index (χ4n) is 1.23. The molecular formula is C12H14O2. The summed E-state index contributed by atoms with van der Waals surface area (Å²) in [5, 5.41) is 9.57. The van der Waals surface area contributed by atoms with Crippen LogP contribution in [0.5, 0.6) is 0 Å². The van der Waals surface area contributed by atoms with E-state index in [0.717, 1.165) is 11.1 Å². The Morgan fingerprint density at radius 1 is 1.43 bits per heavy atom. The SMILES string of the molecule is C#CCC(O)c1ccc(COC)cc1. The molecule has 1 rings (SSSR count). The molecule has 0 aliphatic heterocycles. The second-order valence-corrected chi connectivity index (χ2v) is 3.10. The molecule has 2 nitrogen and oxygen atoms in total. The molecule has 1 N–H and O–H groups in total. The van der Waals surface area contributed by atoms with Crippen molar-refractivity contribution in [2.24, 2.45) is 0 Å². The Hall–Kier alpha value is -1.30. The van der Waals surface area contributed by atoms with E-state index in [9.17, 15) is 5.11 Å². The number of aliphatic hydroxyl groups excluding tert-OH is 1. The molecule has 0 radical (unpaired) electrons. The molecule has 0 spiro atoms. The molecule has 0 aromatic heterocycles. The van der Waals surface area contributed by atoms with Crippen LogP contribution in [-0.2, 0) is 11.3 Å². The molecule has 1 atom stereocenters. The second-order valence-electron chi connectivity index (χ2n) is 3.10. The van der Waals surface area contributed by atoms with Crippen molar-refractivity contribution in [2.45, 2.75) is 19.1 Å². The number of benzene rings is 1. The van der Waals surface area contributed by atoms with E-state index in [4.69, 9.17) is 11.2 Å². The first-order chi connectivity index (χ1) is 6.77. The average Bonchev–Trinajstić information content (AvgIpc) is 2.20. The Labute approximate surface area is 84.5 Å². The van der Waals surface area contributed by atoms with Crippen molar-refractivity contribution in [1.29, 1.82) is 0 Å². The number of terminal acetylenes is 1. The van der Waals surface area contributed by atoms with Crippen LogP contribution in [0.3, 0.4) is 0 Å². The molecule has 0 heterocycles. The van der Waals surface area contributed by atoms with Gasteiger partial charge in [0, 0.05) is 13.5 Å². The molecule has 0 aliphatic rings. The predicted molar refractivity (Wildman–Crippen MR) is 55.6 cm³/mol. The van der Waals surface area contributed by atoms with Crippen LogP contribution >= 0.6 is 0 Å². The van der Waals surface area contributed by atoms with Crippen LogP contribution in [0.15, 0.2) is 24.3 Å². The zero-order chi connectivity index (χ0) is 10.4. The number of aliphatic hydroxyl groups is 1. The van der Waals surface area contributed by atoms with E-state index >= 15 is 0 Å². The van der Waals surface area contributed by atoms with Gasteiger partial charge in [0.15, 0.2) is 0 Å². The number of hydrogen-bond acceptors (Lipinski definition) is 2. The average molecular weight is 190 g/mol. The summed E-state index contributed by atoms with van der Waals surface area (Å²) in [6.07, 6.45) is 4.91. The van der Waals surface area contributed by atoms with E-state index in [0.29, 0.717) is 13.0 Å². The third kappa shape index (κ3) is 2.88. The van der Waals surface area contributed by atoms with Crippen LogP contribution in [-0.4, -0.2) is 12.2 Å². The van der Waals surface area contributed by atoms with E-state index in [2.05, 4.69) is 5.92 Å². The zero-order valence-corrected chi connectivity index (χ0v) is 8.23. The van der Waals surface area contributed by atoms with Crippen molar-refractivity contribution < 1.29 is 9.84 Å². The lowest BCUT2D eigenvalue weighted by Crippen LogP contribution is -1.96. The van der Waals surface area contributed by atoms with Crippen molar-refractivity contribution in [3.05, 3.63) is 35.4 Å². The van der Waals surface area contributed by atoms with Gasteiger partial charge >= 0.3 is 0 Å². The Balaban J connectivity index is 2.68. The summed E-state index contributed by atoms with van der Waals surface area (Å²) in [6.45, 7) is 0.589. The van der Waals surface area contributed by atoms with Gasteiger partial charge < -0.3 is 9.84 Å². The highest BCUT2D eigenvalue weighted by Crippen LogP contribution is 2.16. The van der Waals surface area contributed by atoms with Gasteiger partial charge in [0.1, 0.15) is 0 Å². The topological polar surface area (TPSA) is 29.5 Å². The van der Waals surface area contributed by atoms with Crippen LogP contribution in [0, 0.1) is 12.3 Å². The van der Waals surface area contributed by atoms with Gasteiger partial charge in [-0.1, -0.05) is 24.3 Å². The van der Waals surface area contributed by atoms with Crippen molar-refractivity contribution in [2.75, 3.05) is 7.11 Å². The van der Waals surface area contributed by atoms with Gasteiger partial charge in [0.25, 0.3) is 0 Å². The molecule has 0 aliphatic carbocycles. The van der Waals surface area contributed by atoms with Gasteiger partial charge in [-0.25, -0.2) is 0 Å². The number of rotatable bonds is 4. The number of ether oxygens (including phenoxy) is 1. The van der Waals surface area contributed by atoms with Crippen molar-refractivity contribution in [1.82, 2.24) is 0 Å². The fourth-order valence-corrected chi connectivity index (χ4v) is 1.23. The van der Waals surface area contributed by atoms with E-state index < -0.39 is 6.10 Å². The van der Waals surface area contributed by atoms with Gasteiger partial charge in [0.05, 0.1) is 12.7 Å². The summed E-state index contributed by atoms with van der Waals surface area (Å²) in [5.74, 6) is 2.43. The first kappa shape index (κ1) is 10.8. The second kappa shape index (κ2) is 5.43. The molecule has 1 aromatic carbocycles. The largest absolute Gasteiger partial charge is 0.387 e. The first-order valence-corrected chi connectivity index (χ1v) is 4.47. The van der Waals surface area contributed by atoms with Gasteiger partial charge in [-0.3, -0.25) is 0 Å². The van der Waals surface area contributed by atoms with Gasteiger partial charge in [-0.05, 0) is 11.1 Å². The first-order valence-electron chi connectivity index (χ1n) is 4.47. The minimum atomic E-state index is -0.559. The fraction of sp³-hybridized carbons (Fsp3) is 0.333. The van der Waals surface area contributed by atoms with Gasteiger partial charge in [-0.15, -0.1) is 12.3 Å². The lowest BCUT2D eigenvalue weighted by molar-refractivity contribution is 0.181. The van der Waals surface area contributed by atoms with Crippen LogP contribution < -0.4 is 0 Å². The molecule has 0 saturated heterocycles. The number of methoxy groups -OCH3 is 1. The highest BCUT2D eigenvalue weighted by atomic mass is 16.5. The van der Waals surface area contributed by atoms with E-state index in [1.807, 2.05) is 24.3 Å². The van der Waals surface area contributed by atoms with Gasteiger partial charge in [-0.2, -0.15) is 0 Å². The third-order valence-corrected chi connectivity index (χ3v) is 1.99. The molecule has 0 bridgehead atoms. The normalized spacial score (nSPS) is 12.1. The summed E-state index contributed by atoms with van der Waals surface area (Å²) in [4.78, 5) is 0. The maximum Gasteiger partial charge on any atom is 0.0899 e. The lowest BCUT2D eigenvalue weighted by Gasteiger charge is -2.08. The molecular weight excluding hydrogens is 176 g/mol. The quantitative estimate of drug-likeness (QED) is 0.735. The van der Waals surface area contributed by atoms with E-state index in [1.54, 1.807) is 7.11 Å². The molecule has 0 saturated carbocycles. The molecule has 74 valence electrons. The van der Waals surface area contributed by atoms with Crippen LogP contribution in [0.25, 0.3) is 0 Å². The highest BCUT2D eigenvalue weighted by Gasteiger charge is 2.04. The van der Waals surface area contributed by atoms with Crippen molar-refractivity contribution in [3.63, 3.8) is 0 Å². The minimum absolute atomic E-state index is 0.351. The van der Waals surface area contributed by atoms with Crippen LogP contribution in [0.1, 0.15) is 23.7 Å². The molecule has 1 aromatic rings. The maximum atomic E-state index is 9.57.